The lowest BCUT2D eigenvalue weighted by Gasteiger charge is -2.37. The summed E-state index contributed by atoms with van der Waals surface area (Å²) in [6, 6.07) is 5.36. The van der Waals surface area contributed by atoms with Gasteiger partial charge in [0.2, 0.25) is 5.91 Å². The minimum Gasteiger partial charge on any atom is -0.497 e. The zero-order chi connectivity index (χ0) is 18.7. The molecule has 0 spiro atoms. The largest absolute Gasteiger partial charge is 0.497 e. The number of sulfone groups is 1. The van der Waals surface area contributed by atoms with Crippen molar-refractivity contribution in [3.63, 3.8) is 0 Å². The molecule has 7 nitrogen and oxygen atoms in total. The van der Waals surface area contributed by atoms with E-state index in [2.05, 4.69) is 5.32 Å². The van der Waals surface area contributed by atoms with E-state index >= 15 is 0 Å². The highest BCUT2D eigenvalue weighted by Crippen LogP contribution is 2.31. The second kappa shape index (κ2) is 8.92. The first-order valence-corrected chi connectivity index (χ1v) is 10.0. The van der Waals surface area contributed by atoms with Crippen molar-refractivity contribution < 1.29 is 22.7 Å². The third-order valence-corrected chi connectivity index (χ3v) is 6.69. The molecule has 1 aliphatic heterocycles. The molecule has 0 unspecified atom stereocenters. The minimum absolute atomic E-state index is 0. The van der Waals surface area contributed by atoms with E-state index in [1.54, 1.807) is 27.3 Å². The van der Waals surface area contributed by atoms with Crippen molar-refractivity contribution in [2.45, 2.75) is 24.1 Å². The van der Waals surface area contributed by atoms with Crippen LogP contribution < -0.4 is 14.8 Å². The maximum atomic E-state index is 13.0. The van der Waals surface area contributed by atoms with Crippen molar-refractivity contribution in [3.8, 4) is 11.5 Å². The van der Waals surface area contributed by atoms with Gasteiger partial charge in [0.25, 0.3) is 0 Å². The molecular formula is C17H27ClN2O5S. The number of ether oxygens (including phenoxy) is 2. The number of hydrogen-bond acceptors (Lipinski definition) is 6. The maximum absolute atomic E-state index is 13.0. The Morgan fingerprint density at radius 3 is 2.08 bits per heavy atom. The summed E-state index contributed by atoms with van der Waals surface area (Å²) in [4.78, 5) is 14.5. The van der Waals surface area contributed by atoms with Gasteiger partial charge in [-0.15, -0.1) is 12.4 Å². The molecule has 0 atom stereocenters. The lowest BCUT2D eigenvalue weighted by molar-refractivity contribution is -0.134. The van der Waals surface area contributed by atoms with E-state index < -0.39 is 14.6 Å². The van der Waals surface area contributed by atoms with Crippen LogP contribution in [0.1, 0.15) is 18.4 Å². The molecular weight excluding hydrogens is 380 g/mol. The Morgan fingerprint density at radius 2 is 1.65 bits per heavy atom. The second-order valence-electron chi connectivity index (χ2n) is 6.40. The fourth-order valence-electron chi connectivity index (χ4n) is 3.23. The standard InChI is InChI=1S/C17H26N2O5S.ClH/c1-19(12-13-9-14(23-2)11-15(10-13)24-3)16(20)17(25(4,21)22)5-7-18-8-6-17;/h9-11,18H,5-8,12H2,1-4H3;1H. The van der Waals surface area contributed by atoms with Crippen LogP contribution in [0.15, 0.2) is 18.2 Å². The van der Waals surface area contributed by atoms with Crippen LogP contribution in [0.2, 0.25) is 0 Å². The van der Waals surface area contributed by atoms with Crippen LogP contribution in [0.3, 0.4) is 0 Å². The van der Waals surface area contributed by atoms with Crippen molar-refractivity contribution >= 4 is 28.2 Å². The van der Waals surface area contributed by atoms with E-state index in [-0.39, 0.29) is 37.7 Å². The van der Waals surface area contributed by atoms with Gasteiger partial charge in [0, 0.05) is 25.9 Å². The third-order valence-electron chi connectivity index (χ3n) is 4.69. The van der Waals surface area contributed by atoms with Crippen molar-refractivity contribution in [3.05, 3.63) is 23.8 Å². The molecule has 9 heteroatoms. The number of carbonyl (C=O) groups excluding carboxylic acids is 1. The number of hydrogen-bond donors (Lipinski definition) is 1. The van der Waals surface area contributed by atoms with Crippen molar-refractivity contribution in [1.82, 2.24) is 10.2 Å². The Bertz CT molecular complexity index is 710. The lowest BCUT2D eigenvalue weighted by atomic mass is 9.95. The number of nitrogens with zero attached hydrogens (tertiary/aromatic N) is 1. The Balaban J connectivity index is 0.00000338. The normalized spacial score (nSPS) is 16.3. The molecule has 1 aliphatic rings. The number of rotatable bonds is 6. The average molecular weight is 407 g/mol. The summed E-state index contributed by atoms with van der Waals surface area (Å²) in [5, 5.41) is 3.12. The van der Waals surface area contributed by atoms with Crippen LogP contribution in [-0.4, -0.2) is 64.6 Å². The van der Waals surface area contributed by atoms with Gasteiger partial charge in [-0.1, -0.05) is 0 Å². The number of nitrogens with one attached hydrogen (secondary N) is 1. The molecule has 148 valence electrons. The van der Waals surface area contributed by atoms with E-state index in [9.17, 15) is 13.2 Å². The Morgan fingerprint density at radius 1 is 1.15 bits per heavy atom. The van der Waals surface area contributed by atoms with Gasteiger partial charge in [0.15, 0.2) is 14.6 Å². The average Bonchev–Trinajstić information content (AvgIpc) is 2.60. The summed E-state index contributed by atoms with van der Waals surface area (Å²) in [5.74, 6) is 0.878. The first-order valence-electron chi connectivity index (χ1n) is 8.11. The molecule has 1 fully saturated rings. The smallest absolute Gasteiger partial charge is 0.244 e. The first kappa shape index (κ1) is 22.5. The lowest BCUT2D eigenvalue weighted by Crippen LogP contribution is -2.57. The quantitative estimate of drug-likeness (QED) is 0.765. The van der Waals surface area contributed by atoms with E-state index in [4.69, 9.17) is 9.47 Å². The number of piperidine rings is 1. The SMILES string of the molecule is COc1cc(CN(C)C(=O)C2(S(C)(=O)=O)CCNCC2)cc(OC)c1.Cl. The first-order chi connectivity index (χ1) is 11.7. The van der Waals surface area contributed by atoms with Crippen LogP contribution in [0.4, 0.5) is 0 Å². The Labute approximate surface area is 161 Å². The van der Waals surface area contributed by atoms with E-state index in [1.807, 2.05) is 12.1 Å². The summed E-state index contributed by atoms with van der Waals surface area (Å²) in [5.41, 5.74) is 0.810. The van der Waals surface area contributed by atoms with Gasteiger partial charge in [0.1, 0.15) is 11.5 Å². The Hall–Kier alpha value is -1.51. The van der Waals surface area contributed by atoms with Crippen LogP contribution in [-0.2, 0) is 21.2 Å². The fourth-order valence-corrected chi connectivity index (χ4v) is 4.64. The van der Waals surface area contributed by atoms with Crippen molar-refractivity contribution in [2.75, 3.05) is 40.6 Å². The van der Waals surface area contributed by atoms with Crippen molar-refractivity contribution in [1.29, 1.82) is 0 Å². The number of carbonyl (C=O) groups is 1. The molecule has 2 rings (SSSR count). The van der Waals surface area contributed by atoms with Crippen LogP contribution in [0.5, 0.6) is 11.5 Å². The highest BCUT2D eigenvalue weighted by Gasteiger charge is 2.49. The molecule has 0 aromatic heterocycles. The summed E-state index contributed by atoms with van der Waals surface area (Å²) in [6.45, 7) is 1.30. The van der Waals surface area contributed by atoms with E-state index in [0.717, 1.165) is 11.8 Å². The summed E-state index contributed by atoms with van der Waals surface area (Å²) in [6.07, 6.45) is 1.73. The molecule has 0 radical (unpaired) electrons. The van der Waals surface area contributed by atoms with Gasteiger partial charge in [0.05, 0.1) is 14.2 Å². The topological polar surface area (TPSA) is 84.9 Å². The highest BCUT2D eigenvalue weighted by molar-refractivity contribution is 7.92. The molecule has 0 bridgehead atoms. The maximum Gasteiger partial charge on any atom is 0.244 e. The van der Waals surface area contributed by atoms with Gasteiger partial charge in [-0.3, -0.25) is 4.79 Å². The van der Waals surface area contributed by atoms with E-state index in [0.29, 0.717) is 24.6 Å². The number of benzene rings is 1. The minimum atomic E-state index is -3.53. The van der Waals surface area contributed by atoms with Crippen LogP contribution in [0, 0.1) is 0 Å². The van der Waals surface area contributed by atoms with Crippen LogP contribution >= 0.6 is 12.4 Å². The molecule has 1 aromatic carbocycles. The van der Waals surface area contributed by atoms with Gasteiger partial charge >= 0.3 is 0 Å². The molecule has 0 aliphatic carbocycles. The van der Waals surface area contributed by atoms with E-state index in [1.165, 1.54) is 4.90 Å². The molecule has 1 saturated heterocycles. The van der Waals surface area contributed by atoms with Gasteiger partial charge in [-0.25, -0.2) is 8.42 Å². The predicted molar refractivity (Wildman–Crippen MR) is 103 cm³/mol. The molecule has 1 aromatic rings. The second-order valence-corrected chi connectivity index (χ2v) is 8.72. The summed E-state index contributed by atoms with van der Waals surface area (Å²) >= 11 is 0. The van der Waals surface area contributed by atoms with Crippen LogP contribution in [0.25, 0.3) is 0 Å². The molecule has 1 N–H and O–H groups in total. The molecule has 1 heterocycles. The van der Waals surface area contributed by atoms with Gasteiger partial charge in [-0.2, -0.15) is 0 Å². The Kier molecular flexibility index (Phi) is 7.73. The third kappa shape index (κ3) is 4.61. The van der Waals surface area contributed by atoms with Gasteiger partial charge in [-0.05, 0) is 43.6 Å². The predicted octanol–water partition coefficient (Wildman–Crippen LogP) is 1.25. The fraction of sp³-hybridized carbons (Fsp3) is 0.588. The molecule has 1 amide bonds. The number of methoxy groups -OCH3 is 2. The summed E-state index contributed by atoms with van der Waals surface area (Å²) in [7, 11) is 1.21. The summed E-state index contributed by atoms with van der Waals surface area (Å²) < 4.78 is 33.9. The van der Waals surface area contributed by atoms with Gasteiger partial charge < -0.3 is 19.7 Å². The molecule has 0 saturated carbocycles. The number of amides is 1. The number of halogens is 1. The zero-order valence-corrected chi connectivity index (χ0v) is 17.2. The zero-order valence-electron chi connectivity index (χ0n) is 15.6. The molecule has 26 heavy (non-hydrogen) atoms. The highest BCUT2D eigenvalue weighted by atomic mass is 35.5. The van der Waals surface area contributed by atoms with Crippen molar-refractivity contribution in [2.24, 2.45) is 0 Å². The monoisotopic (exact) mass is 406 g/mol.